The standard InChI is InChI=1S/C17H24N4O2.HI/c1-13-6-8-20(9-7-13)16(18)19-12-14-2-4-15(5-3-14)21-10-11-23-17(21)22;/h2-5,13H,6-12H2,1H3,(H2,18,19);1H. The number of guanidine groups is 1. The zero-order valence-corrected chi connectivity index (χ0v) is 16.3. The lowest BCUT2D eigenvalue weighted by Crippen LogP contribution is -2.42. The summed E-state index contributed by atoms with van der Waals surface area (Å²) in [7, 11) is 0. The van der Waals surface area contributed by atoms with Crippen LogP contribution in [0.15, 0.2) is 29.3 Å². The molecular formula is C17H25IN4O2. The first kappa shape index (κ1) is 18.8. The van der Waals surface area contributed by atoms with E-state index in [0.29, 0.717) is 25.7 Å². The second-order valence-electron chi connectivity index (χ2n) is 6.28. The Morgan fingerprint density at radius 3 is 2.50 bits per heavy atom. The van der Waals surface area contributed by atoms with Crippen molar-refractivity contribution in [2.45, 2.75) is 26.3 Å². The lowest BCUT2D eigenvalue weighted by Gasteiger charge is -2.31. The Labute approximate surface area is 160 Å². The van der Waals surface area contributed by atoms with Crippen molar-refractivity contribution in [3.63, 3.8) is 0 Å². The maximum atomic E-state index is 11.5. The Balaban J connectivity index is 0.00000208. The van der Waals surface area contributed by atoms with Gasteiger partial charge in [0, 0.05) is 18.8 Å². The summed E-state index contributed by atoms with van der Waals surface area (Å²) in [6.07, 6.45) is 2.08. The molecule has 2 heterocycles. The fourth-order valence-electron chi connectivity index (χ4n) is 2.92. The first-order valence-corrected chi connectivity index (χ1v) is 8.21. The highest BCUT2D eigenvalue weighted by molar-refractivity contribution is 14.0. The van der Waals surface area contributed by atoms with Crippen molar-refractivity contribution in [1.29, 1.82) is 0 Å². The number of nitrogens with zero attached hydrogens (tertiary/aromatic N) is 3. The molecule has 1 aromatic carbocycles. The van der Waals surface area contributed by atoms with Crippen LogP contribution < -0.4 is 10.6 Å². The van der Waals surface area contributed by atoms with Gasteiger partial charge in [0.25, 0.3) is 0 Å². The summed E-state index contributed by atoms with van der Waals surface area (Å²) in [6.45, 7) is 5.89. The number of amides is 1. The molecule has 7 heteroatoms. The molecule has 1 aromatic rings. The van der Waals surface area contributed by atoms with Crippen LogP contribution >= 0.6 is 24.0 Å². The monoisotopic (exact) mass is 444 g/mol. The zero-order valence-electron chi connectivity index (χ0n) is 14.0. The third kappa shape index (κ3) is 4.52. The van der Waals surface area contributed by atoms with Crippen LogP contribution in [-0.4, -0.2) is 43.2 Å². The van der Waals surface area contributed by atoms with Gasteiger partial charge in [-0.3, -0.25) is 4.90 Å². The average molecular weight is 444 g/mol. The van der Waals surface area contributed by atoms with Crippen molar-refractivity contribution in [1.82, 2.24) is 4.90 Å². The van der Waals surface area contributed by atoms with Crippen molar-refractivity contribution < 1.29 is 9.53 Å². The quantitative estimate of drug-likeness (QED) is 0.442. The van der Waals surface area contributed by atoms with Gasteiger partial charge in [0.05, 0.1) is 13.1 Å². The molecule has 0 atom stereocenters. The van der Waals surface area contributed by atoms with E-state index in [1.165, 1.54) is 12.8 Å². The van der Waals surface area contributed by atoms with E-state index in [2.05, 4.69) is 16.8 Å². The van der Waals surface area contributed by atoms with Gasteiger partial charge in [-0.2, -0.15) is 0 Å². The number of likely N-dealkylation sites (tertiary alicyclic amines) is 1. The highest BCUT2D eigenvalue weighted by atomic mass is 127. The summed E-state index contributed by atoms with van der Waals surface area (Å²) in [5.41, 5.74) is 8.03. The number of nitrogens with two attached hydrogens (primary N) is 1. The van der Waals surface area contributed by atoms with Gasteiger partial charge in [-0.1, -0.05) is 19.1 Å². The van der Waals surface area contributed by atoms with Gasteiger partial charge in [-0.25, -0.2) is 9.79 Å². The van der Waals surface area contributed by atoms with E-state index in [0.717, 1.165) is 30.3 Å². The molecule has 2 aliphatic rings. The molecule has 0 aromatic heterocycles. The van der Waals surface area contributed by atoms with Crippen LogP contribution in [0.1, 0.15) is 25.3 Å². The summed E-state index contributed by atoms with van der Waals surface area (Å²) >= 11 is 0. The van der Waals surface area contributed by atoms with Crippen molar-refractivity contribution >= 4 is 41.7 Å². The lowest BCUT2D eigenvalue weighted by atomic mass is 10.00. The fourth-order valence-corrected chi connectivity index (χ4v) is 2.92. The molecule has 0 spiro atoms. The second kappa shape index (κ2) is 8.55. The number of hydrogen-bond donors (Lipinski definition) is 1. The van der Waals surface area contributed by atoms with Crippen molar-refractivity contribution in [3.8, 4) is 0 Å². The number of halogens is 1. The predicted molar refractivity (Wildman–Crippen MR) is 106 cm³/mol. The summed E-state index contributed by atoms with van der Waals surface area (Å²) in [6, 6.07) is 7.82. The Hall–Kier alpha value is -1.51. The molecule has 0 bridgehead atoms. The normalized spacial score (nSPS) is 19.2. The van der Waals surface area contributed by atoms with Gasteiger partial charge in [0.1, 0.15) is 6.61 Å². The van der Waals surface area contributed by atoms with Gasteiger partial charge < -0.3 is 15.4 Å². The summed E-state index contributed by atoms with van der Waals surface area (Å²) < 4.78 is 4.95. The smallest absolute Gasteiger partial charge is 0.414 e. The second-order valence-corrected chi connectivity index (χ2v) is 6.28. The third-order valence-electron chi connectivity index (χ3n) is 4.54. The Morgan fingerprint density at radius 1 is 1.25 bits per heavy atom. The molecule has 0 unspecified atom stereocenters. The van der Waals surface area contributed by atoms with Crippen LogP contribution in [0, 0.1) is 5.92 Å². The van der Waals surface area contributed by atoms with Crippen molar-refractivity contribution in [3.05, 3.63) is 29.8 Å². The summed E-state index contributed by atoms with van der Waals surface area (Å²) in [5.74, 6) is 1.41. The minimum absolute atomic E-state index is 0. The summed E-state index contributed by atoms with van der Waals surface area (Å²) in [4.78, 5) is 19.8. The van der Waals surface area contributed by atoms with Gasteiger partial charge in [-0.05, 0) is 36.5 Å². The Bertz CT molecular complexity index is 583. The number of aliphatic imine (C=N–C) groups is 1. The number of rotatable bonds is 3. The minimum Gasteiger partial charge on any atom is -0.447 e. The van der Waals surface area contributed by atoms with Gasteiger partial charge in [-0.15, -0.1) is 24.0 Å². The van der Waals surface area contributed by atoms with E-state index in [9.17, 15) is 4.79 Å². The molecule has 6 nitrogen and oxygen atoms in total. The molecule has 2 saturated heterocycles. The molecular weight excluding hydrogens is 419 g/mol. The number of hydrogen-bond acceptors (Lipinski definition) is 3. The first-order valence-electron chi connectivity index (χ1n) is 8.21. The van der Waals surface area contributed by atoms with E-state index in [1.54, 1.807) is 4.90 Å². The maximum Gasteiger partial charge on any atom is 0.414 e. The van der Waals surface area contributed by atoms with Gasteiger partial charge in [0.2, 0.25) is 0 Å². The molecule has 3 rings (SSSR count). The van der Waals surface area contributed by atoms with Gasteiger partial charge in [0.15, 0.2) is 5.96 Å². The topological polar surface area (TPSA) is 71.2 Å². The van der Waals surface area contributed by atoms with Crippen LogP contribution in [0.4, 0.5) is 10.5 Å². The number of carbonyl (C=O) groups is 1. The van der Waals surface area contributed by atoms with Crippen LogP contribution in [-0.2, 0) is 11.3 Å². The van der Waals surface area contributed by atoms with E-state index >= 15 is 0 Å². The molecule has 0 aliphatic carbocycles. The predicted octanol–water partition coefficient (Wildman–Crippen LogP) is 2.81. The maximum absolute atomic E-state index is 11.5. The number of benzene rings is 1. The molecule has 2 fully saturated rings. The molecule has 2 aliphatic heterocycles. The van der Waals surface area contributed by atoms with Crippen LogP contribution in [0.5, 0.6) is 0 Å². The molecule has 132 valence electrons. The highest BCUT2D eigenvalue weighted by Gasteiger charge is 2.23. The number of piperidine rings is 1. The van der Waals surface area contributed by atoms with E-state index in [4.69, 9.17) is 10.5 Å². The van der Waals surface area contributed by atoms with Crippen LogP contribution in [0.2, 0.25) is 0 Å². The lowest BCUT2D eigenvalue weighted by molar-refractivity contribution is 0.181. The van der Waals surface area contributed by atoms with Crippen molar-refractivity contribution in [2.75, 3.05) is 31.1 Å². The number of anilines is 1. The average Bonchev–Trinajstić information content (AvgIpc) is 3.00. The Morgan fingerprint density at radius 2 is 1.92 bits per heavy atom. The van der Waals surface area contributed by atoms with Crippen LogP contribution in [0.3, 0.4) is 0 Å². The number of carbonyl (C=O) groups excluding carboxylic acids is 1. The van der Waals surface area contributed by atoms with Crippen LogP contribution in [0.25, 0.3) is 0 Å². The number of ether oxygens (including phenoxy) is 1. The van der Waals surface area contributed by atoms with E-state index < -0.39 is 0 Å². The Kier molecular flexibility index (Phi) is 6.70. The fraction of sp³-hybridized carbons (Fsp3) is 0.529. The molecule has 0 saturated carbocycles. The zero-order chi connectivity index (χ0) is 16.2. The number of cyclic esters (lactones) is 1. The molecule has 1 amide bonds. The SMILES string of the molecule is CC1CCN(C(N)=NCc2ccc(N3CCOC3=O)cc2)CC1.I. The third-order valence-corrected chi connectivity index (χ3v) is 4.54. The molecule has 24 heavy (non-hydrogen) atoms. The van der Waals surface area contributed by atoms with Gasteiger partial charge >= 0.3 is 6.09 Å². The molecule has 2 N–H and O–H groups in total. The minimum atomic E-state index is -0.278. The van der Waals surface area contributed by atoms with E-state index in [-0.39, 0.29) is 30.1 Å². The first-order chi connectivity index (χ1) is 11.1. The largest absolute Gasteiger partial charge is 0.447 e. The highest BCUT2D eigenvalue weighted by Crippen LogP contribution is 2.20. The van der Waals surface area contributed by atoms with E-state index in [1.807, 2.05) is 24.3 Å². The molecule has 0 radical (unpaired) electrons. The van der Waals surface area contributed by atoms with Crippen molar-refractivity contribution in [2.24, 2.45) is 16.6 Å². The summed E-state index contributed by atoms with van der Waals surface area (Å²) in [5, 5.41) is 0.